The van der Waals surface area contributed by atoms with Gasteiger partial charge in [0.25, 0.3) is 0 Å². The minimum atomic E-state index is -0.353. The van der Waals surface area contributed by atoms with Crippen LogP contribution in [0.1, 0.15) is 117 Å². The van der Waals surface area contributed by atoms with Crippen molar-refractivity contribution >= 4 is 45.2 Å². The van der Waals surface area contributed by atoms with Gasteiger partial charge in [0.2, 0.25) is 0 Å². The molecule has 0 saturated heterocycles. The predicted molar refractivity (Wildman–Crippen MR) is 149 cm³/mol. The standard InChI is InChI=1S/C26H46I2O2/c1-3-5-7-9-11-13-15-17-21-29-25-23-24(27)19-20-26(25,28)30-22-18-16-14-12-10-8-6-4-2/h19-20,23,25H,3-18,21-22H2,1-2H3. The summed E-state index contributed by atoms with van der Waals surface area (Å²) >= 11 is 4.83. The zero-order valence-corrected chi connectivity index (χ0v) is 23.9. The summed E-state index contributed by atoms with van der Waals surface area (Å²) in [4.78, 5) is 0. The first kappa shape index (κ1) is 28.9. The molecule has 0 aromatic rings. The second-order valence-corrected chi connectivity index (χ2v) is 11.6. The summed E-state index contributed by atoms with van der Waals surface area (Å²) in [6.45, 7) is 6.21. The molecule has 1 rings (SSSR count). The van der Waals surface area contributed by atoms with Gasteiger partial charge in [0, 0.05) is 16.8 Å². The van der Waals surface area contributed by atoms with Crippen molar-refractivity contribution in [2.24, 2.45) is 0 Å². The number of hydrogen-bond donors (Lipinski definition) is 0. The number of alkyl halides is 1. The second kappa shape index (κ2) is 19.3. The zero-order chi connectivity index (χ0) is 21.9. The first-order valence-electron chi connectivity index (χ1n) is 12.6. The largest absolute Gasteiger partial charge is 0.370 e. The Kier molecular flexibility index (Phi) is 18.6. The first-order chi connectivity index (χ1) is 14.6. The number of ether oxygens (including phenoxy) is 2. The normalized spacial score (nSPS) is 21.2. The molecule has 176 valence electrons. The number of rotatable bonds is 20. The molecule has 0 radical (unpaired) electrons. The Morgan fingerprint density at radius 2 is 1.20 bits per heavy atom. The minimum absolute atomic E-state index is 0.0219. The van der Waals surface area contributed by atoms with E-state index in [2.05, 4.69) is 77.3 Å². The molecule has 0 amide bonds. The van der Waals surface area contributed by atoms with E-state index in [4.69, 9.17) is 9.47 Å². The maximum atomic E-state index is 6.34. The van der Waals surface area contributed by atoms with Crippen molar-refractivity contribution in [2.75, 3.05) is 13.2 Å². The Morgan fingerprint density at radius 1 is 0.733 bits per heavy atom. The Balaban J connectivity index is 2.18. The van der Waals surface area contributed by atoms with Gasteiger partial charge in [-0.15, -0.1) is 0 Å². The predicted octanol–water partition coefficient (Wildman–Crippen LogP) is 9.69. The van der Waals surface area contributed by atoms with Crippen LogP contribution < -0.4 is 0 Å². The van der Waals surface area contributed by atoms with Gasteiger partial charge in [-0.05, 0) is 76.3 Å². The van der Waals surface area contributed by atoms with Crippen molar-refractivity contribution in [1.29, 1.82) is 0 Å². The lowest BCUT2D eigenvalue weighted by Crippen LogP contribution is -2.40. The summed E-state index contributed by atoms with van der Waals surface area (Å²) in [7, 11) is 0. The summed E-state index contributed by atoms with van der Waals surface area (Å²) in [5.74, 6) is 0. The molecule has 2 atom stereocenters. The summed E-state index contributed by atoms with van der Waals surface area (Å²) in [6.07, 6.45) is 27.9. The van der Waals surface area contributed by atoms with E-state index in [0.717, 1.165) is 26.1 Å². The number of allylic oxidation sites excluding steroid dienone is 2. The highest BCUT2D eigenvalue weighted by molar-refractivity contribution is 14.1. The molecule has 0 aromatic carbocycles. The molecule has 30 heavy (non-hydrogen) atoms. The van der Waals surface area contributed by atoms with Gasteiger partial charge in [-0.2, -0.15) is 0 Å². The van der Waals surface area contributed by atoms with Crippen LogP contribution in [0.3, 0.4) is 0 Å². The molecule has 0 fully saturated rings. The van der Waals surface area contributed by atoms with Crippen molar-refractivity contribution in [2.45, 2.75) is 126 Å². The van der Waals surface area contributed by atoms with Gasteiger partial charge in [0.05, 0.1) is 0 Å². The van der Waals surface area contributed by atoms with Crippen molar-refractivity contribution < 1.29 is 9.47 Å². The molecule has 0 bridgehead atoms. The van der Waals surface area contributed by atoms with E-state index in [-0.39, 0.29) is 9.71 Å². The maximum Gasteiger partial charge on any atom is 0.167 e. The van der Waals surface area contributed by atoms with Crippen LogP contribution in [0.2, 0.25) is 0 Å². The van der Waals surface area contributed by atoms with Gasteiger partial charge >= 0.3 is 0 Å². The number of unbranched alkanes of at least 4 members (excludes halogenated alkanes) is 14. The van der Waals surface area contributed by atoms with Crippen LogP contribution in [-0.2, 0) is 9.47 Å². The van der Waals surface area contributed by atoms with Crippen molar-refractivity contribution in [1.82, 2.24) is 0 Å². The molecule has 1 aliphatic carbocycles. The summed E-state index contributed by atoms with van der Waals surface area (Å²) in [5.41, 5.74) is 0. The molecular weight excluding hydrogens is 598 g/mol. The highest BCUT2D eigenvalue weighted by atomic mass is 127. The van der Waals surface area contributed by atoms with E-state index in [1.54, 1.807) is 0 Å². The molecule has 0 aromatic heterocycles. The SMILES string of the molecule is CCCCCCCCCCOC1C=C(I)C=CC1(I)OCCCCCCCCCC. The second-order valence-electron chi connectivity index (χ2n) is 8.67. The van der Waals surface area contributed by atoms with Gasteiger partial charge in [-0.25, -0.2) is 0 Å². The van der Waals surface area contributed by atoms with Crippen LogP contribution in [0.25, 0.3) is 0 Å². The molecule has 0 spiro atoms. The molecule has 4 heteroatoms. The number of halogens is 2. The van der Waals surface area contributed by atoms with Crippen molar-refractivity contribution in [3.8, 4) is 0 Å². The van der Waals surface area contributed by atoms with Gasteiger partial charge < -0.3 is 9.47 Å². The molecule has 2 nitrogen and oxygen atoms in total. The third-order valence-electron chi connectivity index (χ3n) is 5.78. The average molecular weight is 644 g/mol. The van der Waals surface area contributed by atoms with E-state index in [1.807, 2.05) is 0 Å². The minimum Gasteiger partial charge on any atom is -0.370 e. The summed E-state index contributed by atoms with van der Waals surface area (Å²) in [5, 5.41) is 0. The van der Waals surface area contributed by atoms with Gasteiger partial charge in [-0.1, -0.05) is 104 Å². The molecule has 0 saturated carbocycles. The Hall–Kier alpha value is 0.860. The van der Waals surface area contributed by atoms with E-state index < -0.39 is 0 Å². The average Bonchev–Trinajstić information content (AvgIpc) is 2.74. The lowest BCUT2D eigenvalue weighted by atomic mass is 10.1. The molecule has 2 unspecified atom stereocenters. The highest BCUT2D eigenvalue weighted by Crippen LogP contribution is 2.36. The Bertz CT molecular complexity index is 464. The van der Waals surface area contributed by atoms with E-state index in [9.17, 15) is 0 Å². The lowest BCUT2D eigenvalue weighted by Gasteiger charge is -2.34. The zero-order valence-electron chi connectivity index (χ0n) is 19.6. The van der Waals surface area contributed by atoms with Crippen molar-refractivity contribution in [3.05, 3.63) is 21.8 Å². The van der Waals surface area contributed by atoms with Crippen LogP contribution in [0.5, 0.6) is 0 Å². The van der Waals surface area contributed by atoms with Gasteiger partial charge in [0.15, 0.2) is 3.61 Å². The molecule has 1 aliphatic rings. The summed E-state index contributed by atoms with van der Waals surface area (Å²) in [6, 6.07) is 0. The van der Waals surface area contributed by atoms with E-state index >= 15 is 0 Å². The van der Waals surface area contributed by atoms with Crippen LogP contribution in [0.15, 0.2) is 21.8 Å². The Morgan fingerprint density at radius 3 is 1.73 bits per heavy atom. The van der Waals surface area contributed by atoms with Crippen LogP contribution in [0, 0.1) is 0 Å². The fourth-order valence-electron chi connectivity index (χ4n) is 3.80. The fourth-order valence-corrected chi connectivity index (χ4v) is 5.07. The molecule has 0 N–H and O–H groups in total. The highest BCUT2D eigenvalue weighted by Gasteiger charge is 2.36. The van der Waals surface area contributed by atoms with Gasteiger partial charge in [0.1, 0.15) is 6.10 Å². The Labute approximate surface area is 214 Å². The monoisotopic (exact) mass is 644 g/mol. The maximum absolute atomic E-state index is 6.34. The third-order valence-corrected chi connectivity index (χ3v) is 7.79. The van der Waals surface area contributed by atoms with E-state index in [0.29, 0.717) is 0 Å². The fraction of sp³-hybridized carbons (Fsp3) is 0.846. The third kappa shape index (κ3) is 14.1. The molecule has 0 heterocycles. The molecule has 0 aliphatic heterocycles. The number of hydrogen-bond acceptors (Lipinski definition) is 2. The van der Waals surface area contributed by atoms with Crippen LogP contribution >= 0.6 is 45.2 Å². The van der Waals surface area contributed by atoms with E-state index in [1.165, 1.54) is 93.5 Å². The van der Waals surface area contributed by atoms with Crippen molar-refractivity contribution in [3.63, 3.8) is 0 Å². The topological polar surface area (TPSA) is 18.5 Å². The van der Waals surface area contributed by atoms with Crippen LogP contribution in [-0.4, -0.2) is 22.9 Å². The molecular formula is C26H46I2O2. The van der Waals surface area contributed by atoms with Gasteiger partial charge in [-0.3, -0.25) is 0 Å². The van der Waals surface area contributed by atoms with Crippen LogP contribution in [0.4, 0.5) is 0 Å². The smallest absolute Gasteiger partial charge is 0.167 e. The first-order valence-corrected chi connectivity index (χ1v) is 14.8. The quantitative estimate of drug-likeness (QED) is 0.0747. The summed E-state index contributed by atoms with van der Waals surface area (Å²) < 4.78 is 13.5. The lowest BCUT2D eigenvalue weighted by molar-refractivity contribution is -0.0417.